The lowest BCUT2D eigenvalue weighted by Crippen LogP contribution is -1.97. The summed E-state index contributed by atoms with van der Waals surface area (Å²) >= 11 is 3.36. The van der Waals surface area contributed by atoms with Gasteiger partial charge in [0.15, 0.2) is 5.65 Å². The molecule has 0 atom stereocenters. The highest BCUT2D eigenvalue weighted by Crippen LogP contribution is 2.20. The molecule has 0 fully saturated rings. The molecule has 94 valence electrons. The van der Waals surface area contributed by atoms with Crippen LogP contribution in [0.1, 0.15) is 10.4 Å². The van der Waals surface area contributed by atoms with Gasteiger partial charge in [0.25, 0.3) is 0 Å². The van der Waals surface area contributed by atoms with E-state index in [2.05, 4.69) is 26.0 Å². The summed E-state index contributed by atoms with van der Waals surface area (Å²) in [6.07, 6.45) is 1.68. The maximum absolute atomic E-state index is 10.8. The fourth-order valence-electron chi connectivity index (χ4n) is 1.78. The zero-order valence-corrected chi connectivity index (χ0v) is 11.2. The fraction of sp³-hybridized carbons (Fsp3) is 0. The first-order chi connectivity index (χ1) is 9.15. The largest absolute Gasteiger partial charge is 0.478 e. The van der Waals surface area contributed by atoms with Crippen LogP contribution in [0.15, 0.2) is 47.2 Å². The first kappa shape index (κ1) is 11.9. The van der Waals surface area contributed by atoms with Crippen LogP contribution in [-0.4, -0.2) is 25.7 Å². The van der Waals surface area contributed by atoms with E-state index in [0.717, 1.165) is 21.5 Å². The monoisotopic (exact) mass is 317 g/mol. The van der Waals surface area contributed by atoms with Gasteiger partial charge in [-0.3, -0.25) is 0 Å². The molecule has 3 aromatic rings. The van der Waals surface area contributed by atoms with Crippen LogP contribution in [0.3, 0.4) is 0 Å². The van der Waals surface area contributed by atoms with E-state index in [0.29, 0.717) is 0 Å². The second-order valence-corrected chi connectivity index (χ2v) is 4.76. The molecule has 2 aromatic heterocycles. The molecule has 0 aliphatic rings. The van der Waals surface area contributed by atoms with Crippen molar-refractivity contribution >= 4 is 27.5 Å². The van der Waals surface area contributed by atoms with Crippen LogP contribution < -0.4 is 0 Å². The fourth-order valence-corrected chi connectivity index (χ4v) is 2.15. The van der Waals surface area contributed by atoms with E-state index in [9.17, 15) is 4.79 Å². The van der Waals surface area contributed by atoms with Gasteiger partial charge in [-0.1, -0.05) is 12.1 Å². The SMILES string of the molecule is O=C(O)c1ccc(-c2ccc3ncc(Br)n3n2)cc1. The highest BCUT2D eigenvalue weighted by molar-refractivity contribution is 9.10. The van der Waals surface area contributed by atoms with Gasteiger partial charge in [-0.05, 0) is 40.2 Å². The van der Waals surface area contributed by atoms with E-state index in [1.807, 2.05) is 12.1 Å². The van der Waals surface area contributed by atoms with Gasteiger partial charge in [0.1, 0.15) is 4.60 Å². The van der Waals surface area contributed by atoms with E-state index < -0.39 is 5.97 Å². The molecular weight excluding hydrogens is 310 g/mol. The minimum absolute atomic E-state index is 0.258. The van der Waals surface area contributed by atoms with Gasteiger partial charge in [0.2, 0.25) is 0 Å². The molecule has 0 bridgehead atoms. The Morgan fingerprint density at radius 1 is 1.16 bits per heavy atom. The van der Waals surface area contributed by atoms with Crippen molar-refractivity contribution in [2.24, 2.45) is 0 Å². The number of hydrogen-bond donors (Lipinski definition) is 1. The van der Waals surface area contributed by atoms with E-state index >= 15 is 0 Å². The third-order valence-electron chi connectivity index (χ3n) is 2.75. The Bertz CT molecular complexity index is 765. The minimum Gasteiger partial charge on any atom is -0.478 e. The molecule has 1 aromatic carbocycles. The summed E-state index contributed by atoms with van der Waals surface area (Å²) in [5, 5.41) is 13.3. The smallest absolute Gasteiger partial charge is 0.335 e. The molecular formula is C13H8BrN3O2. The number of halogens is 1. The quantitative estimate of drug-likeness (QED) is 0.789. The van der Waals surface area contributed by atoms with Gasteiger partial charge in [-0.25, -0.2) is 14.3 Å². The molecule has 1 N–H and O–H groups in total. The average molecular weight is 318 g/mol. The number of benzene rings is 1. The highest BCUT2D eigenvalue weighted by atomic mass is 79.9. The molecule has 19 heavy (non-hydrogen) atoms. The van der Waals surface area contributed by atoms with Crippen LogP contribution in [0.4, 0.5) is 0 Å². The number of nitrogens with zero attached hydrogens (tertiary/aromatic N) is 3. The van der Waals surface area contributed by atoms with E-state index in [1.54, 1.807) is 35.0 Å². The third-order valence-corrected chi connectivity index (χ3v) is 3.29. The topological polar surface area (TPSA) is 67.5 Å². The number of fused-ring (bicyclic) bond motifs is 1. The van der Waals surface area contributed by atoms with Crippen LogP contribution in [0.5, 0.6) is 0 Å². The van der Waals surface area contributed by atoms with Crippen molar-refractivity contribution in [3.63, 3.8) is 0 Å². The van der Waals surface area contributed by atoms with Gasteiger partial charge < -0.3 is 5.11 Å². The maximum atomic E-state index is 10.8. The molecule has 6 heteroatoms. The standard InChI is InChI=1S/C13H8BrN3O2/c14-11-7-15-12-6-5-10(16-17(11)12)8-1-3-9(4-2-8)13(18)19/h1-7H,(H,18,19). The number of rotatable bonds is 2. The summed E-state index contributed by atoms with van der Waals surface area (Å²) in [6.45, 7) is 0. The van der Waals surface area contributed by atoms with Crippen molar-refractivity contribution in [2.75, 3.05) is 0 Å². The summed E-state index contributed by atoms with van der Waals surface area (Å²) in [5.74, 6) is -0.938. The number of imidazole rings is 1. The Morgan fingerprint density at radius 2 is 1.89 bits per heavy atom. The van der Waals surface area contributed by atoms with Crippen molar-refractivity contribution in [1.82, 2.24) is 14.6 Å². The molecule has 0 saturated carbocycles. The Kier molecular flexibility index (Phi) is 2.79. The molecule has 0 unspecified atom stereocenters. The highest BCUT2D eigenvalue weighted by Gasteiger charge is 2.06. The zero-order chi connectivity index (χ0) is 13.4. The van der Waals surface area contributed by atoms with Gasteiger partial charge >= 0.3 is 5.97 Å². The van der Waals surface area contributed by atoms with E-state index in [-0.39, 0.29) is 5.56 Å². The zero-order valence-electron chi connectivity index (χ0n) is 9.62. The predicted molar refractivity (Wildman–Crippen MR) is 73.1 cm³/mol. The summed E-state index contributed by atoms with van der Waals surface area (Å²) < 4.78 is 2.45. The van der Waals surface area contributed by atoms with Crippen LogP contribution in [-0.2, 0) is 0 Å². The molecule has 2 heterocycles. The lowest BCUT2D eigenvalue weighted by molar-refractivity contribution is 0.0697. The average Bonchev–Trinajstić information content (AvgIpc) is 2.80. The molecule has 0 saturated heterocycles. The number of aromatic nitrogens is 3. The van der Waals surface area contributed by atoms with Gasteiger partial charge in [-0.2, -0.15) is 5.10 Å². The number of carbonyl (C=O) groups is 1. The Morgan fingerprint density at radius 3 is 2.58 bits per heavy atom. The summed E-state index contributed by atoms with van der Waals surface area (Å²) in [4.78, 5) is 15.0. The maximum Gasteiger partial charge on any atom is 0.335 e. The summed E-state index contributed by atoms with van der Waals surface area (Å²) in [6, 6.07) is 10.3. The van der Waals surface area contributed by atoms with Crippen molar-refractivity contribution in [2.45, 2.75) is 0 Å². The van der Waals surface area contributed by atoms with E-state index in [1.165, 1.54) is 0 Å². The van der Waals surface area contributed by atoms with Crippen LogP contribution in [0, 0.1) is 0 Å². The first-order valence-corrected chi connectivity index (χ1v) is 6.28. The molecule has 0 amide bonds. The second kappa shape index (κ2) is 4.47. The number of aromatic carboxylic acids is 1. The summed E-state index contributed by atoms with van der Waals surface area (Å²) in [7, 11) is 0. The minimum atomic E-state index is -0.938. The molecule has 0 aliphatic carbocycles. The first-order valence-electron chi connectivity index (χ1n) is 5.49. The second-order valence-electron chi connectivity index (χ2n) is 3.95. The summed E-state index contributed by atoms with van der Waals surface area (Å²) in [5.41, 5.74) is 2.61. The Hall–Kier alpha value is -2.21. The Labute approximate surface area is 116 Å². The predicted octanol–water partition coefficient (Wildman–Crippen LogP) is 2.86. The lowest BCUT2D eigenvalue weighted by atomic mass is 10.1. The van der Waals surface area contributed by atoms with Crippen molar-refractivity contribution in [3.05, 3.63) is 52.8 Å². The number of carboxylic acid groups (broad SMARTS) is 1. The normalized spacial score (nSPS) is 10.8. The number of hydrogen-bond acceptors (Lipinski definition) is 3. The van der Waals surface area contributed by atoms with Crippen molar-refractivity contribution in [1.29, 1.82) is 0 Å². The van der Waals surface area contributed by atoms with Gasteiger partial charge in [0, 0.05) is 5.56 Å². The van der Waals surface area contributed by atoms with Crippen LogP contribution >= 0.6 is 15.9 Å². The van der Waals surface area contributed by atoms with E-state index in [4.69, 9.17) is 5.11 Å². The molecule has 0 radical (unpaired) electrons. The van der Waals surface area contributed by atoms with Crippen molar-refractivity contribution in [3.8, 4) is 11.3 Å². The molecule has 0 spiro atoms. The third kappa shape index (κ3) is 2.10. The van der Waals surface area contributed by atoms with Crippen LogP contribution in [0.25, 0.3) is 16.9 Å². The molecule has 0 aliphatic heterocycles. The Balaban J connectivity index is 2.08. The van der Waals surface area contributed by atoms with Gasteiger partial charge in [0.05, 0.1) is 17.5 Å². The lowest BCUT2D eigenvalue weighted by Gasteiger charge is -2.02. The number of carboxylic acids is 1. The van der Waals surface area contributed by atoms with Crippen LogP contribution in [0.2, 0.25) is 0 Å². The van der Waals surface area contributed by atoms with Gasteiger partial charge in [-0.15, -0.1) is 0 Å². The molecule has 5 nitrogen and oxygen atoms in total. The van der Waals surface area contributed by atoms with Crippen molar-refractivity contribution < 1.29 is 9.90 Å². The molecule has 3 rings (SSSR count).